The summed E-state index contributed by atoms with van der Waals surface area (Å²) in [5.74, 6) is -0.0786. The number of hydrogen-bond acceptors (Lipinski definition) is 5. The van der Waals surface area contributed by atoms with Gasteiger partial charge in [-0.3, -0.25) is 4.79 Å². The number of benzene rings is 3. The van der Waals surface area contributed by atoms with Crippen molar-refractivity contribution in [3.05, 3.63) is 100 Å². The Hall–Kier alpha value is -4.10. The van der Waals surface area contributed by atoms with Crippen LogP contribution in [0.3, 0.4) is 0 Å². The maximum atomic E-state index is 14.8. The first-order valence-corrected chi connectivity index (χ1v) is 11.8. The van der Waals surface area contributed by atoms with Crippen LogP contribution in [0.1, 0.15) is 26.5 Å². The van der Waals surface area contributed by atoms with Crippen LogP contribution < -0.4 is 10.5 Å². The molecule has 35 heavy (non-hydrogen) atoms. The molecule has 5 rings (SSSR count). The van der Waals surface area contributed by atoms with Crippen molar-refractivity contribution in [1.29, 1.82) is 0 Å². The van der Waals surface area contributed by atoms with Gasteiger partial charge in [0.05, 0.1) is 29.5 Å². The van der Waals surface area contributed by atoms with Gasteiger partial charge in [0.15, 0.2) is 0 Å². The van der Waals surface area contributed by atoms with Gasteiger partial charge in [0.2, 0.25) is 5.91 Å². The first-order chi connectivity index (χ1) is 16.9. The monoisotopic (exact) mass is 483 g/mol. The fourth-order valence-corrected chi connectivity index (χ4v) is 5.07. The zero-order valence-corrected chi connectivity index (χ0v) is 20.0. The molecule has 2 N–H and O–H groups in total. The molecule has 0 radical (unpaired) electrons. The molecule has 0 spiro atoms. The van der Waals surface area contributed by atoms with E-state index in [0.29, 0.717) is 40.0 Å². The van der Waals surface area contributed by atoms with E-state index in [1.54, 1.807) is 54.8 Å². The first-order valence-electron chi connectivity index (χ1n) is 11.0. The number of ether oxygens (including phenoxy) is 1. The molecule has 5 nitrogen and oxygen atoms in total. The van der Waals surface area contributed by atoms with Gasteiger partial charge in [0.25, 0.3) is 0 Å². The number of primary amides is 1. The van der Waals surface area contributed by atoms with Crippen molar-refractivity contribution in [2.75, 3.05) is 7.11 Å². The summed E-state index contributed by atoms with van der Waals surface area (Å²) in [5, 5.41) is 0. The SMILES string of the molecule is COc1ccc(-c2ccc(Cc3nc4ccc(C(N)=O)cc4nc3-c3ccccc3F)s2)cc1C. The number of fused-ring (bicyclic) bond motifs is 1. The number of carbonyl (C=O) groups is 1. The number of thiophene rings is 1. The highest BCUT2D eigenvalue weighted by Gasteiger charge is 2.17. The van der Waals surface area contributed by atoms with Crippen LogP contribution in [0.25, 0.3) is 32.7 Å². The number of rotatable bonds is 6. The van der Waals surface area contributed by atoms with Gasteiger partial charge in [-0.15, -0.1) is 11.3 Å². The number of nitrogens with zero attached hydrogens (tertiary/aromatic N) is 2. The molecule has 7 heteroatoms. The van der Waals surface area contributed by atoms with Crippen molar-refractivity contribution in [1.82, 2.24) is 9.97 Å². The predicted octanol–water partition coefficient (Wildman–Crippen LogP) is 6.17. The van der Waals surface area contributed by atoms with Crippen molar-refractivity contribution < 1.29 is 13.9 Å². The van der Waals surface area contributed by atoms with Gasteiger partial charge < -0.3 is 10.5 Å². The van der Waals surface area contributed by atoms with Crippen LogP contribution in [-0.2, 0) is 6.42 Å². The number of hydrogen-bond donors (Lipinski definition) is 1. The Morgan fingerprint density at radius 2 is 1.83 bits per heavy atom. The van der Waals surface area contributed by atoms with Gasteiger partial charge in [-0.2, -0.15) is 0 Å². The molecular formula is C28H22FN3O2S. The number of carbonyl (C=O) groups excluding carboxylic acids is 1. The van der Waals surface area contributed by atoms with Crippen LogP contribution >= 0.6 is 11.3 Å². The molecule has 0 bridgehead atoms. The third-order valence-electron chi connectivity index (χ3n) is 5.83. The molecule has 0 saturated heterocycles. The molecule has 0 aliphatic carbocycles. The molecule has 0 unspecified atom stereocenters. The van der Waals surface area contributed by atoms with E-state index in [0.717, 1.165) is 26.6 Å². The molecule has 0 aliphatic rings. The largest absolute Gasteiger partial charge is 0.496 e. The lowest BCUT2D eigenvalue weighted by molar-refractivity contribution is 0.100. The van der Waals surface area contributed by atoms with Gasteiger partial charge in [-0.05, 0) is 78.7 Å². The van der Waals surface area contributed by atoms with Crippen LogP contribution in [0.5, 0.6) is 5.75 Å². The van der Waals surface area contributed by atoms with Crippen LogP contribution in [0, 0.1) is 12.7 Å². The lowest BCUT2D eigenvalue weighted by atomic mass is 10.1. The van der Waals surface area contributed by atoms with E-state index in [1.807, 2.05) is 19.1 Å². The average Bonchev–Trinajstić information content (AvgIpc) is 3.32. The lowest BCUT2D eigenvalue weighted by Crippen LogP contribution is -2.11. The topological polar surface area (TPSA) is 78.1 Å². The summed E-state index contributed by atoms with van der Waals surface area (Å²) in [4.78, 5) is 23.4. The van der Waals surface area contributed by atoms with E-state index in [-0.39, 0.29) is 5.82 Å². The summed E-state index contributed by atoms with van der Waals surface area (Å²) in [7, 11) is 1.66. The number of nitrogens with two attached hydrogens (primary N) is 1. The standard InChI is InChI=1S/C28H22FN3O2S/c1-16-13-17(8-11-25(16)34-2)26-12-9-19(35-26)15-24-27(20-5-3-4-6-21(20)29)32-23-14-18(28(30)33)7-10-22(23)31-24/h3-14H,15H2,1-2H3,(H2,30,33). The van der Waals surface area contributed by atoms with Gasteiger partial charge in [0.1, 0.15) is 11.6 Å². The maximum absolute atomic E-state index is 14.8. The Labute approximate surface area is 206 Å². The van der Waals surface area contributed by atoms with Crippen molar-refractivity contribution >= 4 is 28.3 Å². The van der Waals surface area contributed by atoms with E-state index >= 15 is 0 Å². The second kappa shape index (κ2) is 9.27. The highest BCUT2D eigenvalue weighted by atomic mass is 32.1. The van der Waals surface area contributed by atoms with Crippen molar-refractivity contribution in [2.45, 2.75) is 13.3 Å². The molecule has 1 amide bonds. The van der Waals surface area contributed by atoms with Gasteiger partial charge in [0, 0.05) is 27.3 Å². The molecule has 2 heterocycles. The number of methoxy groups -OCH3 is 1. The minimum absolute atomic E-state index is 0.330. The summed E-state index contributed by atoms with van der Waals surface area (Å²) < 4.78 is 20.1. The average molecular weight is 484 g/mol. The number of aromatic nitrogens is 2. The van der Waals surface area contributed by atoms with Crippen molar-refractivity contribution in [3.63, 3.8) is 0 Å². The first kappa shape index (κ1) is 22.7. The van der Waals surface area contributed by atoms with Crippen molar-refractivity contribution in [2.24, 2.45) is 5.73 Å². The van der Waals surface area contributed by atoms with Crippen LogP contribution in [-0.4, -0.2) is 23.0 Å². The van der Waals surface area contributed by atoms with Gasteiger partial charge in [-0.1, -0.05) is 12.1 Å². The Morgan fingerprint density at radius 3 is 2.57 bits per heavy atom. The Kier molecular flexibility index (Phi) is 6.01. The fraction of sp³-hybridized carbons (Fsp3) is 0.107. The van der Waals surface area contributed by atoms with E-state index in [4.69, 9.17) is 20.4 Å². The highest BCUT2D eigenvalue weighted by Crippen LogP contribution is 2.34. The van der Waals surface area contributed by atoms with Gasteiger partial charge in [-0.25, -0.2) is 14.4 Å². The summed E-state index contributed by atoms with van der Waals surface area (Å²) in [5.41, 5.74) is 10.5. The number of amides is 1. The zero-order chi connectivity index (χ0) is 24.5. The molecule has 0 atom stereocenters. The number of halogens is 1. The number of aryl methyl sites for hydroxylation is 1. The minimum atomic E-state index is -0.551. The molecular weight excluding hydrogens is 461 g/mol. The molecule has 174 valence electrons. The van der Waals surface area contributed by atoms with E-state index in [9.17, 15) is 9.18 Å². The lowest BCUT2D eigenvalue weighted by Gasteiger charge is -2.11. The molecule has 0 saturated carbocycles. The Morgan fingerprint density at radius 1 is 1.00 bits per heavy atom. The second-order valence-corrected chi connectivity index (χ2v) is 9.36. The highest BCUT2D eigenvalue weighted by molar-refractivity contribution is 7.15. The van der Waals surface area contributed by atoms with Gasteiger partial charge >= 0.3 is 0 Å². The summed E-state index contributed by atoms with van der Waals surface area (Å²) in [6, 6.07) is 21.7. The third kappa shape index (κ3) is 4.50. The predicted molar refractivity (Wildman–Crippen MR) is 137 cm³/mol. The molecule has 0 fully saturated rings. The normalized spacial score (nSPS) is 11.1. The zero-order valence-electron chi connectivity index (χ0n) is 19.2. The van der Waals surface area contributed by atoms with E-state index < -0.39 is 5.91 Å². The van der Waals surface area contributed by atoms with Crippen LogP contribution in [0.4, 0.5) is 4.39 Å². The van der Waals surface area contributed by atoms with Crippen LogP contribution in [0.2, 0.25) is 0 Å². The smallest absolute Gasteiger partial charge is 0.248 e. The molecule has 5 aromatic rings. The Bertz CT molecular complexity index is 1580. The third-order valence-corrected chi connectivity index (χ3v) is 6.97. The summed E-state index contributed by atoms with van der Waals surface area (Å²) in [6.45, 7) is 2.02. The van der Waals surface area contributed by atoms with E-state index in [1.165, 1.54) is 6.07 Å². The molecule has 0 aliphatic heterocycles. The molecule has 3 aromatic carbocycles. The maximum Gasteiger partial charge on any atom is 0.248 e. The minimum Gasteiger partial charge on any atom is -0.496 e. The van der Waals surface area contributed by atoms with E-state index in [2.05, 4.69) is 18.2 Å². The summed E-state index contributed by atoms with van der Waals surface area (Å²) >= 11 is 1.66. The molecule has 2 aromatic heterocycles. The van der Waals surface area contributed by atoms with Crippen molar-refractivity contribution in [3.8, 4) is 27.4 Å². The fourth-order valence-electron chi connectivity index (χ4n) is 4.06. The summed E-state index contributed by atoms with van der Waals surface area (Å²) in [6.07, 6.45) is 0.490. The quantitative estimate of drug-likeness (QED) is 0.313. The Balaban J connectivity index is 1.57. The van der Waals surface area contributed by atoms with Crippen LogP contribution in [0.15, 0.2) is 72.8 Å². The second-order valence-electron chi connectivity index (χ2n) is 8.19.